The molecular formula is C16H16ClNOS. The summed E-state index contributed by atoms with van der Waals surface area (Å²) in [4.78, 5) is 1.21. The zero-order valence-corrected chi connectivity index (χ0v) is 12.9. The molecule has 0 fully saturated rings. The molecule has 0 amide bonds. The molecule has 0 bridgehead atoms. The van der Waals surface area contributed by atoms with Gasteiger partial charge in [-0.2, -0.15) is 0 Å². The number of fused-ring (bicyclic) bond motifs is 1. The molecule has 0 saturated heterocycles. The van der Waals surface area contributed by atoms with Crippen LogP contribution >= 0.6 is 23.4 Å². The van der Waals surface area contributed by atoms with Crippen LogP contribution in [-0.2, 0) is 12.2 Å². The molecule has 0 radical (unpaired) electrons. The fourth-order valence-corrected chi connectivity index (χ4v) is 3.68. The average molecular weight is 306 g/mol. The topological polar surface area (TPSA) is 35.2 Å². The Labute approximate surface area is 128 Å². The number of nitrogens with two attached hydrogens (primary N) is 1. The van der Waals surface area contributed by atoms with E-state index in [9.17, 15) is 0 Å². The minimum absolute atomic E-state index is 0.755. The Morgan fingerprint density at radius 3 is 3.00 bits per heavy atom. The van der Waals surface area contributed by atoms with Crippen molar-refractivity contribution in [1.29, 1.82) is 0 Å². The number of hydrogen-bond donors (Lipinski definition) is 1. The first-order valence-corrected chi connectivity index (χ1v) is 7.93. The number of aryl methyl sites for hydroxylation is 1. The summed E-state index contributed by atoms with van der Waals surface area (Å²) in [6.45, 7) is 2.85. The van der Waals surface area contributed by atoms with Crippen LogP contribution in [0.1, 0.15) is 16.7 Å². The summed E-state index contributed by atoms with van der Waals surface area (Å²) in [7, 11) is 0. The second kappa shape index (κ2) is 5.58. The molecule has 3 rings (SSSR count). The van der Waals surface area contributed by atoms with E-state index in [1.54, 1.807) is 11.8 Å². The van der Waals surface area contributed by atoms with Crippen molar-refractivity contribution in [3.8, 4) is 5.75 Å². The van der Waals surface area contributed by atoms with Crippen LogP contribution in [0.15, 0.2) is 35.2 Å². The van der Waals surface area contributed by atoms with Gasteiger partial charge in [0, 0.05) is 33.3 Å². The lowest BCUT2D eigenvalue weighted by atomic mass is 10.1. The van der Waals surface area contributed by atoms with E-state index in [-0.39, 0.29) is 0 Å². The van der Waals surface area contributed by atoms with E-state index in [2.05, 4.69) is 13.0 Å². The van der Waals surface area contributed by atoms with Crippen molar-refractivity contribution in [2.45, 2.75) is 24.0 Å². The highest BCUT2D eigenvalue weighted by molar-refractivity contribution is 7.98. The molecule has 104 valence electrons. The molecular weight excluding hydrogens is 290 g/mol. The van der Waals surface area contributed by atoms with Gasteiger partial charge in [-0.1, -0.05) is 17.7 Å². The summed E-state index contributed by atoms with van der Waals surface area (Å²) in [5.41, 5.74) is 10.3. The number of benzene rings is 2. The maximum atomic E-state index is 6.18. The van der Waals surface area contributed by atoms with Crippen LogP contribution in [0.3, 0.4) is 0 Å². The van der Waals surface area contributed by atoms with Crippen LogP contribution < -0.4 is 10.5 Å². The Morgan fingerprint density at radius 2 is 2.15 bits per heavy atom. The van der Waals surface area contributed by atoms with Crippen molar-refractivity contribution in [2.24, 2.45) is 0 Å². The van der Waals surface area contributed by atoms with Gasteiger partial charge in [-0.25, -0.2) is 0 Å². The molecule has 0 saturated carbocycles. The molecule has 1 aliphatic rings. The lowest BCUT2D eigenvalue weighted by Gasteiger charge is -2.10. The molecule has 4 heteroatoms. The van der Waals surface area contributed by atoms with Crippen LogP contribution in [0.4, 0.5) is 5.69 Å². The molecule has 2 aromatic rings. The Hall–Kier alpha value is -1.32. The molecule has 1 heterocycles. The fraction of sp³-hybridized carbons (Fsp3) is 0.250. The zero-order valence-electron chi connectivity index (χ0n) is 11.3. The van der Waals surface area contributed by atoms with E-state index in [0.29, 0.717) is 0 Å². The van der Waals surface area contributed by atoms with Gasteiger partial charge in [0.1, 0.15) is 5.75 Å². The minimum atomic E-state index is 0.755. The lowest BCUT2D eigenvalue weighted by molar-refractivity contribution is 0.354. The van der Waals surface area contributed by atoms with E-state index < -0.39 is 0 Å². The second-order valence-corrected chi connectivity index (χ2v) is 6.42. The van der Waals surface area contributed by atoms with Gasteiger partial charge < -0.3 is 10.5 Å². The van der Waals surface area contributed by atoms with Gasteiger partial charge in [-0.15, -0.1) is 11.8 Å². The number of hydrogen-bond acceptors (Lipinski definition) is 3. The molecule has 1 aliphatic heterocycles. The van der Waals surface area contributed by atoms with Crippen LogP contribution in [0.2, 0.25) is 5.02 Å². The van der Waals surface area contributed by atoms with E-state index in [0.717, 1.165) is 40.8 Å². The third kappa shape index (κ3) is 2.74. The maximum absolute atomic E-state index is 6.18. The number of anilines is 1. The number of rotatable bonds is 3. The predicted molar refractivity (Wildman–Crippen MR) is 85.8 cm³/mol. The first-order chi connectivity index (χ1) is 9.63. The van der Waals surface area contributed by atoms with Gasteiger partial charge in [0.05, 0.1) is 6.61 Å². The van der Waals surface area contributed by atoms with Gasteiger partial charge in [0.2, 0.25) is 0 Å². The van der Waals surface area contributed by atoms with Gasteiger partial charge in [-0.05, 0) is 42.3 Å². The van der Waals surface area contributed by atoms with Crippen molar-refractivity contribution < 1.29 is 4.74 Å². The summed E-state index contributed by atoms with van der Waals surface area (Å²) < 4.78 is 5.73. The summed E-state index contributed by atoms with van der Waals surface area (Å²) >= 11 is 7.95. The van der Waals surface area contributed by atoms with E-state index in [1.807, 2.05) is 24.3 Å². The summed E-state index contributed by atoms with van der Waals surface area (Å²) in [5.74, 6) is 1.86. The summed E-state index contributed by atoms with van der Waals surface area (Å²) in [6.07, 6.45) is 0.949. The van der Waals surface area contributed by atoms with Crippen molar-refractivity contribution in [3.05, 3.63) is 52.0 Å². The Bertz CT molecular complexity index is 657. The monoisotopic (exact) mass is 305 g/mol. The molecule has 0 atom stereocenters. The Balaban J connectivity index is 1.84. The molecule has 0 aromatic heterocycles. The third-order valence-corrected chi connectivity index (χ3v) is 4.85. The number of thioether (sulfide) groups is 1. The third-order valence-electron chi connectivity index (χ3n) is 3.42. The van der Waals surface area contributed by atoms with Crippen LogP contribution in [0, 0.1) is 6.92 Å². The summed E-state index contributed by atoms with van der Waals surface area (Å²) in [6, 6.07) is 10.0. The Kier molecular flexibility index (Phi) is 3.81. The minimum Gasteiger partial charge on any atom is -0.493 e. The van der Waals surface area contributed by atoms with E-state index in [4.69, 9.17) is 22.1 Å². The smallest absolute Gasteiger partial charge is 0.126 e. The first-order valence-electron chi connectivity index (χ1n) is 6.56. The average Bonchev–Trinajstić information content (AvgIpc) is 2.87. The first kappa shape index (κ1) is 13.7. The highest BCUT2D eigenvalue weighted by Gasteiger charge is 2.17. The predicted octanol–water partition coefficient (Wildman–Crippen LogP) is 4.46. The van der Waals surface area contributed by atoms with E-state index >= 15 is 0 Å². The molecule has 2 N–H and O–H groups in total. The zero-order chi connectivity index (χ0) is 14.1. The van der Waals surface area contributed by atoms with Crippen LogP contribution in [0.5, 0.6) is 5.75 Å². The maximum Gasteiger partial charge on any atom is 0.126 e. The largest absolute Gasteiger partial charge is 0.493 e. The quantitative estimate of drug-likeness (QED) is 0.672. The van der Waals surface area contributed by atoms with E-state index in [1.165, 1.54) is 16.0 Å². The van der Waals surface area contributed by atoms with Gasteiger partial charge >= 0.3 is 0 Å². The van der Waals surface area contributed by atoms with Gasteiger partial charge in [0.25, 0.3) is 0 Å². The summed E-state index contributed by atoms with van der Waals surface area (Å²) in [5, 5.41) is 0.786. The lowest BCUT2D eigenvalue weighted by Crippen LogP contribution is -1.92. The molecule has 0 aliphatic carbocycles. The van der Waals surface area contributed by atoms with Crippen LogP contribution in [0.25, 0.3) is 0 Å². The molecule has 2 aromatic carbocycles. The van der Waals surface area contributed by atoms with Crippen molar-refractivity contribution in [3.63, 3.8) is 0 Å². The highest BCUT2D eigenvalue weighted by atomic mass is 35.5. The van der Waals surface area contributed by atoms with Crippen LogP contribution in [-0.4, -0.2) is 6.61 Å². The standard InChI is InChI=1S/C16H16ClNOS/c1-10-2-3-14(18)8-15(10)20-9-12-7-13(17)6-11-4-5-19-16(11)12/h2-3,6-8H,4-5,9,18H2,1H3. The Morgan fingerprint density at radius 1 is 1.30 bits per heavy atom. The number of halogens is 1. The van der Waals surface area contributed by atoms with Gasteiger partial charge in [-0.3, -0.25) is 0 Å². The molecule has 0 unspecified atom stereocenters. The van der Waals surface area contributed by atoms with Crippen molar-refractivity contribution >= 4 is 29.1 Å². The molecule has 20 heavy (non-hydrogen) atoms. The highest BCUT2D eigenvalue weighted by Crippen LogP contribution is 2.37. The number of nitrogen functional groups attached to an aromatic ring is 1. The normalized spacial score (nSPS) is 13.1. The molecule has 2 nitrogen and oxygen atoms in total. The van der Waals surface area contributed by atoms with Crippen molar-refractivity contribution in [1.82, 2.24) is 0 Å². The van der Waals surface area contributed by atoms with Crippen molar-refractivity contribution in [2.75, 3.05) is 12.3 Å². The fourth-order valence-electron chi connectivity index (χ4n) is 2.38. The number of ether oxygens (including phenoxy) is 1. The SMILES string of the molecule is Cc1ccc(N)cc1SCc1cc(Cl)cc2c1OCC2. The van der Waals surface area contributed by atoms with Gasteiger partial charge in [0.15, 0.2) is 0 Å². The molecule has 0 spiro atoms. The second-order valence-electron chi connectivity index (χ2n) is 4.97.